The van der Waals surface area contributed by atoms with Gasteiger partial charge in [0, 0.05) is 17.5 Å². The minimum atomic E-state index is -3.44. The first-order chi connectivity index (χ1) is 15.6. The third kappa shape index (κ3) is 4.81. The Balaban J connectivity index is 1.99. The maximum atomic E-state index is 12.7. The molecule has 1 aromatic carbocycles. The Morgan fingerprint density at radius 2 is 1.85 bits per heavy atom. The van der Waals surface area contributed by atoms with Crippen LogP contribution in [0.2, 0.25) is 0 Å². The molecule has 0 unspecified atom stereocenters. The van der Waals surface area contributed by atoms with Crippen LogP contribution < -0.4 is 10.6 Å². The van der Waals surface area contributed by atoms with Gasteiger partial charge in [0.1, 0.15) is 0 Å². The van der Waals surface area contributed by atoms with Crippen molar-refractivity contribution in [2.24, 2.45) is 0 Å². The van der Waals surface area contributed by atoms with Crippen LogP contribution in [0.5, 0.6) is 0 Å². The van der Waals surface area contributed by atoms with Gasteiger partial charge in [-0.05, 0) is 70.9 Å². The predicted octanol–water partition coefficient (Wildman–Crippen LogP) is 4.41. The molecule has 2 N–H and O–H groups in total. The van der Waals surface area contributed by atoms with Gasteiger partial charge in [0.05, 0.1) is 33.4 Å². The van der Waals surface area contributed by atoms with Crippen molar-refractivity contribution in [3.63, 3.8) is 0 Å². The minimum absolute atomic E-state index is 0.269. The molecule has 9 heteroatoms. The molecule has 8 nitrogen and oxygen atoms in total. The molecular formula is C24H31N5O3S. The second-order valence-corrected chi connectivity index (χ2v) is 12.1. The lowest BCUT2D eigenvalue weighted by molar-refractivity contribution is -0.108. The van der Waals surface area contributed by atoms with Crippen molar-refractivity contribution < 1.29 is 13.2 Å². The van der Waals surface area contributed by atoms with E-state index in [1.807, 2.05) is 11.6 Å². The highest BCUT2D eigenvalue weighted by molar-refractivity contribution is 7.92. The van der Waals surface area contributed by atoms with Gasteiger partial charge >= 0.3 is 0 Å². The average molecular weight is 470 g/mol. The lowest BCUT2D eigenvalue weighted by atomic mass is 9.93. The van der Waals surface area contributed by atoms with Crippen molar-refractivity contribution in [1.29, 1.82) is 5.26 Å². The molecule has 1 aliphatic rings. The van der Waals surface area contributed by atoms with Crippen molar-refractivity contribution in [2.45, 2.75) is 75.0 Å². The Labute approximate surface area is 195 Å². The summed E-state index contributed by atoms with van der Waals surface area (Å²) < 4.78 is 26.4. The van der Waals surface area contributed by atoms with Crippen LogP contribution in [0, 0.1) is 18.3 Å². The van der Waals surface area contributed by atoms with Gasteiger partial charge in [-0.3, -0.25) is 9.48 Å². The summed E-state index contributed by atoms with van der Waals surface area (Å²) in [6.07, 6.45) is 8.08. The fourth-order valence-electron chi connectivity index (χ4n) is 4.20. The monoisotopic (exact) mass is 469 g/mol. The summed E-state index contributed by atoms with van der Waals surface area (Å²) in [6, 6.07) is 8.96. The van der Waals surface area contributed by atoms with Gasteiger partial charge in [-0.15, -0.1) is 0 Å². The second-order valence-electron chi connectivity index (χ2n) is 9.42. The lowest BCUT2D eigenvalue weighted by Gasteiger charge is -2.28. The first-order valence-electron chi connectivity index (χ1n) is 11.0. The molecule has 0 bridgehead atoms. The van der Waals surface area contributed by atoms with Crippen molar-refractivity contribution >= 4 is 33.8 Å². The molecule has 1 amide bonds. The zero-order valence-electron chi connectivity index (χ0n) is 19.6. The van der Waals surface area contributed by atoms with Crippen LogP contribution in [0.3, 0.4) is 0 Å². The molecule has 1 saturated carbocycles. The molecule has 1 fully saturated rings. The molecule has 0 aliphatic heterocycles. The Bertz CT molecular complexity index is 1180. The van der Waals surface area contributed by atoms with E-state index in [-0.39, 0.29) is 10.4 Å². The van der Waals surface area contributed by atoms with Crippen LogP contribution in [0.4, 0.5) is 11.5 Å². The normalized spacial score (nSPS) is 16.0. The number of aromatic nitrogens is 2. The summed E-state index contributed by atoms with van der Waals surface area (Å²) in [4.78, 5) is 11.0. The van der Waals surface area contributed by atoms with Crippen molar-refractivity contribution in [3.8, 4) is 6.07 Å². The molecule has 1 aliphatic carbocycles. The van der Waals surface area contributed by atoms with Gasteiger partial charge in [0.15, 0.2) is 15.7 Å². The van der Waals surface area contributed by atoms with E-state index in [9.17, 15) is 18.5 Å². The maximum absolute atomic E-state index is 12.7. The van der Waals surface area contributed by atoms with Crippen LogP contribution in [-0.2, 0) is 20.2 Å². The van der Waals surface area contributed by atoms with Gasteiger partial charge in [-0.2, -0.15) is 10.4 Å². The Kier molecular flexibility index (Phi) is 6.98. The molecular weight excluding hydrogens is 438 g/mol. The number of amides is 1. The fourth-order valence-corrected chi connectivity index (χ4v) is 5.40. The molecule has 0 atom stereocenters. The number of nitriles is 1. The zero-order valence-corrected chi connectivity index (χ0v) is 20.4. The number of hydrogen-bond donors (Lipinski definition) is 2. The van der Waals surface area contributed by atoms with Gasteiger partial charge in [0.2, 0.25) is 6.41 Å². The van der Waals surface area contributed by atoms with E-state index in [2.05, 4.69) is 16.7 Å². The third-order valence-corrected chi connectivity index (χ3v) is 8.70. The first kappa shape index (κ1) is 24.5. The number of nitrogens with one attached hydrogen (secondary N) is 2. The van der Waals surface area contributed by atoms with Crippen LogP contribution >= 0.6 is 0 Å². The van der Waals surface area contributed by atoms with Gasteiger partial charge in [-0.25, -0.2) is 8.42 Å². The van der Waals surface area contributed by atoms with Gasteiger partial charge in [-0.1, -0.05) is 12.8 Å². The fraction of sp³-hybridized carbons (Fsp3) is 0.458. The van der Waals surface area contributed by atoms with Gasteiger partial charge in [0.25, 0.3) is 0 Å². The van der Waals surface area contributed by atoms with E-state index in [1.165, 1.54) is 0 Å². The number of carbonyl (C=O) groups is 1. The molecule has 3 rings (SSSR count). The highest BCUT2D eigenvalue weighted by Crippen LogP contribution is 2.42. The Morgan fingerprint density at radius 3 is 2.39 bits per heavy atom. The number of nitrogens with zero attached hydrogens (tertiary/aromatic N) is 3. The lowest BCUT2D eigenvalue weighted by Crippen LogP contribution is -2.32. The highest BCUT2D eigenvalue weighted by Gasteiger charge is 2.38. The number of anilines is 2. The maximum Gasteiger partial charge on any atom is 0.211 e. The first-order valence-corrected chi connectivity index (χ1v) is 12.5. The topological polar surface area (TPSA) is 117 Å². The number of hydrogen-bond acceptors (Lipinski definition) is 6. The smallest absolute Gasteiger partial charge is 0.211 e. The van der Waals surface area contributed by atoms with E-state index in [0.717, 1.165) is 36.9 Å². The number of carbonyl (C=O) groups excluding carboxylic acids is 1. The molecule has 0 saturated heterocycles. The number of sulfone groups is 1. The van der Waals surface area contributed by atoms with Crippen LogP contribution in [-0.4, -0.2) is 29.4 Å². The van der Waals surface area contributed by atoms with Crippen LogP contribution in [0.1, 0.15) is 64.1 Å². The average Bonchev–Trinajstić information content (AvgIpc) is 3.35. The predicted molar refractivity (Wildman–Crippen MR) is 129 cm³/mol. The minimum Gasteiger partial charge on any atom is -0.339 e. The SMILES string of the molecule is Cc1c(Nc2ccc(S(=O)(=O)C(C)(C)C)cc2)nn(C2(CC#N)CCCC2)c1/C=C\NC=O. The molecule has 0 spiro atoms. The molecule has 0 radical (unpaired) electrons. The summed E-state index contributed by atoms with van der Waals surface area (Å²) >= 11 is 0. The quantitative estimate of drug-likeness (QED) is 0.553. The van der Waals surface area contributed by atoms with E-state index in [1.54, 1.807) is 57.3 Å². The zero-order chi connectivity index (χ0) is 24.3. The van der Waals surface area contributed by atoms with Crippen molar-refractivity contribution in [3.05, 3.63) is 41.7 Å². The Hall–Kier alpha value is -3.12. The molecule has 1 heterocycles. The van der Waals surface area contributed by atoms with E-state index < -0.39 is 14.6 Å². The Morgan fingerprint density at radius 1 is 1.21 bits per heavy atom. The molecule has 33 heavy (non-hydrogen) atoms. The number of benzene rings is 1. The van der Waals surface area contributed by atoms with E-state index in [0.29, 0.717) is 24.3 Å². The van der Waals surface area contributed by atoms with E-state index in [4.69, 9.17) is 5.10 Å². The summed E-state index contributed by atoms with van der Waals surface area (Å²) in [5.74, 6) is 0.622. The van der Waals surface area contributed by atoms with Crippen LogP contribution in [0.15, 0.2) is 35.4 Å². The van der Waals surface area contributed by atoms with Crippen molar-refractivity contribution in [2.75, 3.05) is 5.32 Å². The van der Waals surface area contributed by atoms with Crippen molar-refractivity contribution in [1.82, 2.24) is 15.1 Å². The largest absolute Gasteiger partial charge is 0.339 e. The molecule has 176 valence electrons. The summed E-state index contributed by atoms with van der Waals surface area (Å²) in [5, 5.41) is 20.1. The standard InChI is InChI=1S/C24H31N5O3S/c1-18-21(11-16-26-17-30)29(24(14-15-25)12-5-6-13-24)28-22(18)27-19-7-9-20(10-8-19)33(31,32)23(2,3)4/h7-11,16-17H,5-6,12-14H2,1-4H3,(H,26,30)(H,27,28)/b16-11-. The highest BCUT2D eigenvalue weighted by atomic mass is 32.2. The summed E-state index contributed by atoms with van der Waals surface area (Å²) in [5.41, 5.74) is 2.01. The van der Waals surface area contributed by atoms with Gasteiger partial charge < -0.3 is 10.6 Å². The second kappa shape index (κ2) is 9.40. The summed E-state index contributed by atoms with van der Waals surface area (Å²) in [6.45, 7) is 6.97. The summed E-state index contributed by atoms with van der Waals surface area (Å²) in [7, 11) is -3.44. The molecule has 2 aromatic rings. The molecule has 1 aromatic heterocycles. The van der Waals surface area contributed by atoms with E-state index >= 15 is 0 Å². The third-order valence-electron chi connectivity index (χ3n) is 6.20. The number of rotatable bonds is 8. The van der Waals surface area contributed by atoms with Crippen LogP contribution in [0.25, 0.3) is 6.08 Å².